The topological polar surface area (TPSA) is 43.1 Å². The maximum absolute atomic E-state index is 4.58. The molecule has 0 atom stereocenters. The summed E-state index contributed by atoms with van der Waals surface area (Å²) in [4.78, 5) is 13.6. The van der Waals surface area contributed by atoms with Crippen LogP contribution in [0.1, 0.15) is 5.56 Å². The molecule has 2 aromatic carbocycles. The van der Waals surface area contributed by atoms with E-state index in [0.717, 1.165) is 22.2 Å². The largest absolute Gasteiger partial charge is 0.267 e. The molecular formula is C16H12N4. The van der Waals surface area contributed by atoms with Gasteiger partial charge in [0.05, 0.1) is 11.0 Å². The Morgan fingerprint density at radius 3 is 2.60 bits per heavy atom. The minimum atomic E-state index is 0.680. The van der Waals surface area contributed by atoms with Gasteiger partial charge in [-0.1, -0.05) is 36.4 Å². The number of imidazole rings is 1. The van der Waals surface area contributed by atoms with E-state index in [4.69, 9.17) is 0 Å². The van der Waals surface area contributed by atoms with Crippen LogP contribution >= 0.6 is 0 Å². The van der Waals surface area contributed by atoms with E-state index >= 15 is 0 Å². The van der Waals surface area contributed by atoms with Crippen LogP contribution in [0.4, 0.5) is 0 Å². The van der Waals surface area contributed by atoms with Crippen molar-refractivity contribution in [1.82, 2.24) is 19.4 Å². The van der Waals surface area contributed by atoms with Gasteiger partial charge in [-0.25, -0.2) is 9.97 Å². The van der Waals surface area contributed by atoms with Crippen LogP contribution < -0.4 is 0 Å². The standard InChI is InChI=1S/C16H12N4/c1-11-6-2-3-7-12(11)15-17-10-20-14-9-5-4-8-13(14)18-16(20)19-15/h2-10H,1H3. The van der Waals surface area contributed by atoms with Crippen molar-refractivity contribution < 1.29 is 0 Å². The van der Waals surface area contributed by atoms with Crippen molar-refractivity contribution in [2.75, 3.05) is 0 Å². The van der Waals surface area contributed by atoms with Crippen LogP contribution in [-0.4, -0.2) is 19.4 Å². The van der Waals surface area contributed by atoms with Crippen LogP contribution in [0.3, 0.4) is 0 Å². The smallest absolute Gasteiger partial charge is 0.238 e. The zero-order valence-electron chi connectivity index (χ0n) is 11.0. The first-order chi connectivity index (χ1) is 9.83. The quantitative estimate of drug-likeness (QED) is 0.527. The Morgan fingerprint density at radius 2 is 1.70 bits per heavy atom. The van der Waals surface area contributed by atoms with E-state index in [1.807, 2.05) is 46.9 Å². The van der Waals surface area contributed by atoms with Crippen LogP contribution in [0.25, 0.3) is 28.2 Å². The Morgan fingerprint density at radius 1 is 0.900 bits per heavy atom. The number of aromatic nitrogens is 4. The van der Waals surface area contributed by atoms with E-state index in [-0.39, 0.29) is 0 Å². The van der Waals surface area contributed by atoms with Crippen molar-refractivity contribution in [2.24, 2.45) is 0 Å². The summed E-state index contributed by atoms with van der Waals surface area (Å²) < 4.78 is 1.91. The van der Waals surface area contributed by atoms with Crippen molar-refractivity contribution >= 4 is 16.8 Å². The summed E-state index contributed by atoms with van der Waals surface area (Å²) in [6.45, 7) is 2.06. The first-order valence-corrected chi connectivity index (χ1v) is 6.49. The molecule has 2 heterocycles. The molecule has 0 radical (unpaired) electrons. The van der Waals surface area contributed by atoms with Gasteiger partial charge in [0.25, 0.3) is 0 Å². The Hall–Kier alpha value is -2.75. The predicted molar refractivity (Wildman–Crippen MR) is 78.5 cm³/mol. The Labute approximate surface area is 115 Å². The van der Waals surface area contributed by atoms with Gasteiger partial charge >= 0.3 is 0 Å². The average Bonchev–Trinajstić information content (AvgIpc) is 2.85. The Balaban J connectivity index is 2.00. The highest BCUT2D eigenvalue weighted by Gasteiger charge is 2.09. The molecule has 96 valence electrons. The average molecular weight is 260 g/mol. The molecule has 0 N–H and O–H groups in total. The van der Waals surface area contributed by atoms with Crippen LogP contribution in [-0.2, 0) is 0 Å². The second-order valence-corrected chi connectivity index (χ2v) is 4.77. The summed E-state index contributed by atoms with van der Waals surface area (Å²) in [5.41, 5.74) is 4.16. The maximum Gasteiger partial charge on any atom is 0.238 e. The molecule has 0 bridgehead atoms. The van der Waals surface area contributed by atoms with Crippen molar-refractivity contribution in [3.8, 4) is 11.4 Å². The first kappa shape index (κ1) is 11.1. The number of hydrogen-bond acceptors (Lipinski definition) is 3. The zero-order valence-corrected chi connectivity index (χ0v) is 11.0. The molecule has 0 saturated heterocycles. The van der Waals surface area contributed by atoms with Crippen LogP contribution in [0.5, 0.6) is 0 Å². The molecule has 0 saturated carbocycles. The second kappa shape index (κ2) is 4.13. The molecular weight excluding hydrogens is 248 g/mol. The molecule has 0 amide bonds. The van der Waals surface area contributed by atoms with Crippen LogP contribution in [0.15, 0.2) is 54.9 Å². The van der Waals surface area contributed by atoms with Gasteiger partial charge in [0.1, 0.15) is 6.33 Å². The number of benzene rings is 2. The SMILES string of the molecule is Cc1ccccc1-c1ncn2c(n1)nc1ccccc12. The molecule has 0 spiro atoms. The lowest BCUT2D eigenvalue weighted by atomic mass is 10.1. The monoisotopic (exact) mass is 260 g/mol. The number of para-hydroxylation sites is 2. The molecule has 0 aliphatic rings. The summed E-state index contributed by atoms with van der Waals surface area (Å²) in [5, 5.41) is 0. The van der Waals surface area contributed by atoms with Gasteiger partial charge in [0.15, 0.2) is 5.82 Å². The fourth-order valence-corrected chi connectivity index (χ4v) is 2.41. The third-order valence-corrected chi connectivity index (χ3v) is 3.46. The summed E-state index contributed by atoms with van der Waals surface area (Å²) in [5.74, 6) is 1.39. The molecule has 20 heavy (non-hydrogen) atoms. The molecule has 0 aliphatic heterocycles. The van der Waals surface area contributed by atoms with Gasteiger partial charge in [0, 0.05) is 5.56 Å². The summed E-state index contributed by atoms with van der Waals surface area (Å²) in [7, 11) is 0. The fraction of sp³-hybridized carbons (Fsp3) is 0.0625. The van der Waals surface area contributed by atoms with Crippen molar-refractivity contribution in [1.29, 1.82) is 0 Å². The van der Waals surface area contributed by atoms with E-state index in [2.05, 4.69) is 27.9 Å². The second-order valence-electron chi connectivity index (χ2n) is 4.77. The number of fused-ring (bicyclic) bond motifs is 3. The van der Waals surface area contributed by atoms with Crippen molar-refractivity contribution in [3.05, 3.63) is 60.4 Å². The third-order valence-electron chi connectivity index (χ3n) is 3.46. The van der Waals surface area contributed by atoms with Gasteiger partial charge < -0.3 is 0 Å². The van der Waals surface area contributed by atoms with E-state index in [0.29, 0.717) is 11.6 Å². The number of nitrogens with zero attached hydrogens (tertiary/aromatic N) is 4. The number of hydrogen-bond donors (Lipinski definition) is 0. The molecule has 0 unspecified atom stereocenters. The molecule has 0 fully saturated rings. The van der Waals surface area contributed by atoms with E-state index in [1.54, 1.807) is 6.33 Å². The maximum atomic E-state index is 4.58. The van der Waals surface area contributed by atoms with Crippen molar-refractivity contribution in [3.63, 3.8) is 0 Å². The van der Waals surface area contributed by atoms with Crippen molar-refractivity contribution in [2.45, 2.75) is 6.92 Å². The minimum Gasteiger partial charge on any atom is -0.267 e. The van der Waals surface area contributed by atoms with E-state index in [1.165, 1.54) is 0 Å². The highest BCUT2D eigenvalue weighted by Crippen LogP contribution is 2.21. The van der Waals surface area contributed by atoms with Gasteiger partial charge in [-0.2, -0.15) is 4.98 Å². The lowest BCUT2D eigenvalue weighted by Crippen LogP contribution is -1.96. The lowest BCUT2D eigenvalue weighted by molar-refractivity contribution is 1.03. The molecule has 4 aromatic rings. The number of aryl methyl sites for hydroxylation is 1. The van der Waals surface area contributed by atoms with Gasteiger partial charge in [-0.15, -0.1) is 0 Å². The van der Waals surface area contributed by atoms with Gasteiger partial charge in [-0.3, -0.25) is 4.40 Å². The van der Waals surface area contributed by atoms with Gasteiger partial charge in [0.2, 0.25) is 5.78 Å². The normalized spacial score (nSPS) is 11.2. The summed E-state index contributed by atoms with van der Waals surface area (Å²) in [6, 6.07) is 16.1. The molecule has 4 nitrogen and oxygen atoms in total. The predicted octanol–water partition coefficient (Wildman–Crippen LogP) is 3.25. The Bertz CT molecular complexity index is 924. The molecule has 0 aliphatic carbocycles. The lowest BCUT2D eigenvalue weighted by Gasteiger charge is -2.03. The van der Waals surface area contributed by atoms with Crippen LogP contribution in [0.2, 0.25) is 0 Å². The highest BCUT2D eigenvalue weighted by molar-refractivity contribution is 5.79. The van der Waals surface area contributed by atoms with Crippen LogP contribution in [0, 0.1) is 6.92 Å². The number of rotatable bonds is 1. The Kier molecular flexibility index (Phi) is 2.29. The van der Waals surface area contributed by atoms with E-state index < -0.39 is 0 Å². The zero-order chi connectivity index (χ0) is 13.5. The molecule has 4 heteroatoms. The summed E-state index contributed by atoms with van der Waals surface area (Å²) in [6.07, 6.45) is 1.79. The minimum absolute atomic E-state index is 0.680. The molecule has 4 rings (SSSR count). The fourth-order valence-electron chi connectivity index (χ4n) is 2.41. The highest BCUT2D eigenvalue weighted by atomic mass is 15.1. The third kappa shape index (κ3) is 1.58. The first-order valence-electron chi connectivity index (χ1n) is 6.49. The van der Waals surface area contributed by atoms with Gasteiger partial charge in [-0.05, 0) is 24.6 Å². The summed E-state index contributed by atoms with van der Waals surface area (Å²) >= 11 is 0. The molecule has 2 aromatic heterocycles. The van der Waals surface area contributed by atoms with E-state index in [9.17, 15) is 0 Å².